The number of rotatable bonds is 6. The molecule has 0 atom stereocenters. The van der Waals surface area contributed by atoms with Crippen molar-refractivity contribution in [3.8, 4) is 17.3 Å². The van der Waals surface area contributed by atoms with Crippen LogP contribution in [0, 0.1) is 0 Å². The van der Waals surface area contributed by atoms with Gasteiger partial charge in [0, 0.05) is 16.1 Å². The summed E-state index contributed by atoms with van der Waals surface area (Å²) in [6, 6.07) is 14.3. The fraction of sp³-hybridized carbons (Fsp3) is 0.118. The number of nitrogens with one attached hydrogen (secondary N) is 1. The van der Waals surface area contributed by atoms with Gasteiger partial charge in [-0.3, -0.25) is 4.79 Å². The lowest BCUT2D eigenvalue weighted by molar-refractivity contribution is 0.0946. The second kappa shape index (κ2) is 7.74. The van der Waals surface area contributed by atoms with E-state index in [4.69, 9.17) is 9.15 Å². The lowest BCUT2D eigenvalue weighted by Crippen LogP contribution is -2.28. The van der Waals surface area contributed by atoms with Crippen molar-refractivity contribution in [2.75, 3.05) is 13.2 Å². The molecule has 0 saturated carbocycles. The molecule has 1 amide bonds. The molecule has 0 aliphatic rings. The van der Waals surface area contributed by atoms with Crippen LogP contribution >= 0.6 is 15.9 Å². The molecule has 0 radical (unpaired) electrons. The molecule has 2 aromatic heterocycles. The number of nitrogens with zero attached hydrogens (tertiary/aromatic N) is 2. The molecular weight excluding hydrogens is 374 g/mol. The van der Waals surface area contributed by atoms with Gasteiger partial charge in [0.05, 0.1) is 12.8 Å². The monoisotopic (exact) mass is 387 g/mol. The summed E-state index contributed by atoms with van der Waals surface area (Å²) in [5.74, 6) is 0.886. The second-order valence-corrected chi connectivity index (χ2v) is 5.76. The first-order chi connectivity index (χ1) is 11.7. The molecule has 3 aromatic rings. The molecule has 0 aliphatic carbocycles. The third-order valence-electron chi connectivity index (χ3n) is 3.14. The summed E-state index contributed by atoms with van der Waals surface area (Å²) in [7, 11) is 0. The number of aromatic nitrogens is 2. The van der Waals surface area contributed by atoms with Crippen molar-refractivity contribution < 1.29 is 13.9 Å². The van der Waals surface area contributed by atoms with E-state index >= 15 is 0 Å². The van der Waals surface area contributed by atoms with Crippen molar-refractivity contribution in [3.63, 3.8) is 0 Å². The van der Waals surface area contributed by atoms with Gasteiger partial charge in [0.2, 0.25) is 5.88 Å². The van der Waals surface area contributed by atoms with Crippen molar-refractivity contribution in [3.05, 3.63) is 64.8 Å². The number of halogens is 1. The number of carbonyl (C=O) groups is 1. The van der Waals surface area contributed by atoms with Gasteiger partial charge in [-0.1, -0.05) is 22.0 Å². The topological polar surface area (TPSA) is 77.2 Å². The molecule has 0 fully saturated rings. The van der Waals surface area contributed by atoms with Crippen LogP contribution in [0.25, 0.3) is 11.5 Å². The Bertz CT molecular complexity index is 804. The van der Waals surface area contributed by atoms with Crippen molar-refractivity contribution in [1.29, 1.82) is 0 Å². The number of ether oxygens (including phenoxy) is 1. The summed E-state index contributed by atoms with van der Waals surface area (Å²) in [6.45, 7) is 0.668. The number of hydrogen-bond acceptors (Lipinski definition) is 5. The van der Waals surface area contributed by atoms with E-state index in [0.717, 1.165) is 4.47 Å². The molecule has 24 heavy (non-hydrogen) atoms. The SMILES string of the molecule is O=C(NCCOc1ccc(-c2ccco2)nn1)c1cccc(Br)c1. The molecule has 1 aromatic carbocycles. The highest BCUT2D eigenvalue weighted by molar-refractivity contribution is 9.10. The average molecular weight is 388 g/mol. The third kappa shape index (κ3) is 4.20. The van der Waals surface area contributed by atoms with E-state index in [2.05, 4.69) is 31.4 Å². The lowest BCUT2D eigenvalue weighted by atomic mass is 10.2. The lowest BCUT2D eigenvalue weighted by Gasteiger charge is -2.07. The van der Waals surface area contributed by atoms with Crippen LogP contribution in [0.15, 0.2) is 63.7 Å². The molecule has 0 spiro atoms. The van der Waals surface area contributed by atoms with Crippen LogP contribution in [0.3, 0.4) is 0 Å². The highest BCUT2D eigenvalue weighted by atomic mass is 79.9. The van der Waals surface area contributed by atoms with Gasteiger partial charge in [0.1, 0.15) is 12.3 Å². The number of carbonyl (C=O) groups excluding carboxylic acids is 1. The predicted molar refractivity (Wildman–Crippen MR) is 91.7 cm³/mol. The van der Waals surface area contributed by atoms with Gasteiger partial charge >= 0.3 is 0 Å². The highest BCUT2D eigenvalue weighted by Crippen LogP contribution is 2.17. The Balaban J connectivity index is 1.46. The van der Waals surface area contributed by atoms with Crippen LogP contribution in [0.1, 0.15) is 10.4 Å². The van der Waals surface area contributed by atoms with E-state index in [1.807, 2.05) is 18.2 Å². The average Bonchev–Trinajstić information content (AvgIpc) is 3.14. The highest BCUT2D eigenvalue weighted by Gasteiger charge is 2.06. The van der Waals surface area contributed by atoms with Crippen LogP contribution in [0.5, 0.6) is 5.88 Å². The number of amides is 1. The number of furan rings is 1. The van der Waals surface area contributed by atoms with Crippen molar-refractivity contribution >= 4 is 21.8 Å². The van der Waals surface area contributed by atoms with Crippen LogP contribution < -0.4 is 10.1 Å². The maximum Gasteiger partial charge on any atom is 0.251 e. The summed E-state index contributed by atoms with van der Waals surface area (Å²) in [5.41, 5.74) is 1.22. The molecule has 0 aliphatic heterocycles. The van der Waals surface area contributed by atoms with Crippen molar-refractivity contribution in [1.82, 2.24) is 15.5 Å². The van der Waals surface area contributed by atoms with E-state index in [9.17, 15) is 4.79 Å². The first kappa shape index (κ1) is 16.2. The molecule has 0 bridgehead atoms. The Morgan fingerprint density at radius 3 is 2.79 bits per heavy atom. The first-order valence-corrected chi connectivity index (χ1v) is 8.06. The van der Waals surface area contributed by atoms with Crippen LogP contribution in [-0.2, 0) is 0 Å². The zero-order valence-corrected chi connectivity index (χ0v) is 14.2. The standard InChI is InChI=1S/C17H14BrN3O3/c18-13-4-1-3-12(11-13)17(22)19-8-10-24-16-7-6-14(20-21-16)15-5-2-9-23-15/h1-7,9,11H,8,10H2,(H,19,22). The summed E-state index contributed by atoms with van der Waals surface area (Å²) in [5, 5.41) is 10.8. The van der Waals surface area contributed by atoms with Gasteiger partial charge in [-0.15, -0.1) is 10.2 Å². The number of benzene rings is 1. The fourth-order valence-electron chi connectivity index (χ4n) is 2.00. The Morgan fingerprint density at radius 2 is 2.08 bits per heavy atom. The van der Waals surface area contributed by atoms with Gasteiger partial charge in [-0.2, -0.15) is 0 Å². The predicted octanol–water partition coefficient (Wildman–Crippen LogP) is 3.31. The molecule has 122 valence electrons. The summed E-state index contributed by atoms with van der Waals surface area (Å²) in [6.07, 6.45) is 1.58. The Kier molecular flexibility index (Phi) is 5.22. The maximum absolute atomic E-state index is 12.0. The van der Waals surface area contributed by atoms with E-state index in [0.29, 0.717) is 36.0 Å². The van der Waals surface area contributed by atoms with E-state index in [-0.39, 0.29) is 5.91 Å². The van der Waals surface area contributed by atoms with Crippen molar-refractivity contribution in [2.45, 2.75) is 0 Å². The zero-order chi connectivity index (χ0) is 16.8. The van der Waals surface area contributed by atoms with Crippen LogP contribution in [0.4, 0.5) is 0 Å². The summed E-state index contributed by atoms with van der Waals surface area (Å²) in [4.78, 5) is 12.0. The molecule has 1 N–H and O–H groups in total. The maximum atomic E-state index is 12.0. The van der Waals surface area contributed by atoms with Gasteiger partial charge in [0.25, 0.3) is 5.91 Å². The quantitative estimate of drug-likeness (QED) is 0.656. The smallest absolute Gasteiger partial charge is 0.251 e. The molecular formula is C17H14BrN3O3. The Morgan fingerprint density at radius 1 is 1.17 bits per heavy atom. The molecule has 6 nitrogen and oxygen atoms in total. The van der Waals surface area contributed by atoms with E-state index < -0.39 is 0 Å². The van der Waals surface area contributed by atoms with Crippen LogP contribution in [0.2, 0.25) is 0 Å². The van der Waals surface area contributed by atoms with Crippen molar-refractivity contribution in [2.24, 2.45) is 0 Å². The minimum Gasteiger partial charge on any atom is -0.475 e. The zero-order valence-electron chi connectivity index (χ0n) is 12.6. The minimum absolute atomic E-state index is 0.154. The van der Waals surface area contributed by atoms with Gasteiger partial charge < -0.3 is 14.5 Å². The van der Waals surface area contributed by atoms with Gasteiger partial charge in [0.15, 0.2) is 5.76 Å². The van der Waals surface area contributed by atoms with Gasteiger partial charge in [-0.05, 0) is 36.4 Å². The first-order valence-electron chi connectivity index (χ1n) is 7.26. The summed E-state index contributed by atoms with van der Waals surface area (Å²) < 4.78 is 11.6. The molecule has 3 rings (SSSR count). The fourth-order valence-corrected chi connectivity index (χ4v) is 2.40. The third-order valence-corrected chi connectivity index (χ3v) is 3.63. The minimum atomic E-state index is -0.154. The Labute approximate surface area is 147 Å². The largest absolute Gasteiger partial charge is 0.475 e. The Hall–Kier alpha value is -2.67. The normalized spacial score (nSPS) is 10.4. The van der Waals surface area contributed by atoms with Gasteiger partial charge in [-0.25, -0.2) is 0 Å². The molecule has 2 heterocycles. The summed E-state index contributed by atoms with van der Waals surface area (Å²) >= 11 is 3.34. The van der Waals surface area contributed by atoms with Crippen LogP contribution in [-0.4, -0.2) is 29.3 Å². The number of hydrogen-bond donors (Lipinski definition) is 1. The molecule has 7 heteroatoms. The second-order valence-electron chi connectivity index (χ2n) is 4.85. The van der Waals surface area contributed by atoms with E-state index in [1.54, 1.807) is 36.6 Å². The molecule has 0 unspecified atom stereocenters. The van der Waals surface area contributed by atoms with E-state index in [1.165, 1.54) is 0 Å². The molecule has 0 saturated heterocycles.